The van der Waals surface area contributed by atoms with Gasteiger partial charge in [-0.15, -0.1) is 10.2 Å². The monoisotopic (exact) mass is 356 g/mol. The van der Waals surface area contributed by atoms with Crippen LogP contribution >= 0.6 is 11.8 Å². The highest BCUT2D eigenvalue weighted by molar-refractivity contribution is 7.99. The number of thioether (sulfide) groups is 1. The maximum atomic E-state index is 11.7. The maximum absolute atomic E-state index is 11.7. The molecule has 3 aromatic rings. The second kappa shape index (κ2) is 8.53. The topological polar surface area (TPSA) is 73.0 Å². The van der Waals surface area contributed by atoms with Crippen LogP contribution in [0, 0.1) is 0 Å². The third-order valence-corrected chi connectivity index (χ3v) is 4.57. The lowest BCUT2D eigenvalue weighted by molar-refractivity contribution is -0.118. The molecule has 2 aromatic heterocycles. The van der Waals surface area contributed by atoms with E-state index in [1.807, 2.05) is 41.8 Å². The molecule has 6 nitrogen and oxygen atoms in total. The predicted molar refractivity (Wildman–Crippen MR) is 96.5 cm³/mol. The van der Waals surface area contributed by atoms with Crippen molar-refractivity contribution < 1.29 is 9.21 Å². The molecule has 2 heterocycles. The molecule has 3 rings (SSSR count). The van der Waals surface area contributed by atoms with Crippen LogP contribution in [0.1, 0.15) is 24.1 Å². The Hall–Kier alpha value is -2.54. The minimum absolute atomic E-state index is 0.00958. The second-order valence-corrected chi connectivity index (χ2v) is 6.41. The van der Waals surface area contributed by atoms with Crippen LogP contribution in [0.2, 0.25) is 0 Å². The molecule has 0 aliphatic rings. The van der Waals surface area contributed by atoms with Gasteiger partial charge in [0.1, 0.15) is 11.6 Å². The molecule has 1 aromatic carbocycles. The summed E-state index contributed by atoms with van der Waals surface area (Å²) in [6, 6.07) is 13.9. The number of amides is 1. The van der Waals surface area contributed by atoms with Gasteiger partial charge >= 0.3 is 0 Å². The minimum atomic E-state index is -0.00958. The largest absolute Gasteiger partial charge is 0.467 e. The Morgan fingerprint density at radius 3 is 2.76 bits per heavy atom. The van der Waals surface area contributed by atoms with Crippen molar-refractivity contribution in [3.63, 3.8) is 0 Å². The summed E-state index contributed by atoms with van der Waals surface area (Å²) >= 11 is 1.38. The van der Waals surface area contributed by atoms with Gasteiger partial charge in [0.25, 0.3) is 0 Å². The Kier molecular flexibility index (Phi) is 5.90. The van der Waals surface area contributed by atoms with E-state index in [1.165, 1.54) is 11.8 Å². The van der Waals surface area contributed by atoms with E-state index in [4.69, 9.17) is 4.42 Å². The van der Waals surface area contributed by atoms with Gasteiger partial charge < -0.3 is 9.73 Å². The summed E-state index contributed by atoms with van der Waals surface area (Å²) in [7, 11) is 0. The van der Waals surface area contributed by atoms with Crippen molar-refractivity contribution >= 4 is 17.7 Å². The van der Waals surface area contributed by atoms with Crippen molar-refractivity contribution in [1.82, 2.24) is 20.1 Å². The fourth-order valence-corrected chi connectivity index (χ4v) is 3.22. The van der Waals surface area contributed by atoms with Gasteiger partial charge in [-0.05, 0) is 24.6 Å². The van der Waals surface area contributed by atoms with Crippen LogP contribution in [0.3, 0.4) is 0 Å². The van der Waals surface area contributed by atoms with Crippen LogP contribution in [0.15, 0.2) is 58.3 Å². The zero-order chi connectivity index (χ0) is 17.5. The number of hydrogen-bond donors (Lipinski definition) is 1. The number of aromatic nitrogens is 3. The first-order valence-corrected chi connectivity index (χ1v) is 9.12. The minimum Gasteiger partial charge on any atom is -0.467 e. The van der Waals surface area contributed by atoms with Gasteiger partial charge in [0.05, 0.1) is 18.6 Å². The molecule has 0 unspecified atom stereocenters. The van der Waals surface area contributed by atoms with E-state index in [2.05, 4.69) is 27.6 Å². The molecule has 0 atom stereocenters. The third-order valence-electron chi connectivity index (χ3n) is 3.60. The van der Waals surface area contributed by atoms with Crippen molar-refractivity contribution in [2.24, 2.45) is 0 Å². The van der Waals surface area contributed by atoms with E-state index in [9.17, 15) is 4.79 Å². The van der Waals surface area contributed by atoms with Gasteiger partial charge in [-0.25, -0.2) is 0 Å². The highest BCUT2D eigenvalue weighted by atomic mass is 32.2. The number of rotatable bonds is 8. The van der Waals surface area contributed by atoms with Crippen LogP contribution in [-0.4, -0.2) is 33.0 Å². The van der Waals surface area contributed by atoms with Gasteiger partial charge in [0, 0.05) is 13.0 Å². The van der Waals surface area contributed by atoms with E-state index in [0.717, 1.165) is 17.1 Å². The first kappa shape index (κ1) is 17.3. The molecule has 0 spiro atoms. The Balaban J connectivity index is 1.80. The van der Waals surface area contributed by atoms with Gasteiger partial charge in [-0.3, -0.25) is 9.36 Å². The predicted octanol–water partition coefficient (Wildman–Crippen LogP) is 2.74. The highest BCUT2D eigenvalue weighted by Gasteiger charge is 2.15. The lowest BCUT2D eigenvalue weighted by Gasteiger charge is -2.09. The van der Waals surface area contributed by atoms with E-state index >= 15 is 0 Å². The lowest BCUT2D eigenvalue weighted by atomic mass is 10.1. The standard InChI is InChI=1S/C18H20N4O2S/c1-2-19-17(23)13-25-18-21-20-16(11-14-7-4-3-5-8-14)22(18)12-15-9-6-10-24-15/h3-10H,2,11-13H2,1H3,(H,19,23). The van der Waals surface area contributed by atoms with E-state index < -0.39 is 0 Å². The molecule has 7 heteroatoms. The fourth-order valence-electron chi connectivity index (χ4n) is 2.43. The molecular formula is C18H20N4O2S. The van der Waals surface area contributed by atoms with Gasteiger partial charge in [0.2, 0.25) is 5.91 Å². The van der Waals surface area contributed by atoms with Crippen molar-refractivity contribution in [2.45, 2.75) is 25.0 Å². The average molecular weight is 356 g/mol. The summed E-state index contributed by atoms with van der Waals surface area (Å²) in [6.45, 7) is 3.07. The van der Waals surface area contributed by atoms with Crippen LogP contribution in [0.5, 0.6) is 0 Å². The van der Waals surface area contributed by atoms with E-state index in [0.29, 0.717) is 30.4 Å². The number of nitrogens with zero attached hydrogens (tertiary/aromatic N) is 3. The van der Waals surface area contributed by atoms with Crippen LogP contribution in [-0.2, 0) is 17.8 Å². The van der Waals surface area contributed by atoms with Crippen LogP contribution in [0.25, 0.3) is 0 Å². The average Bonchev–Trinajstić information content (AvgIpc) is 3.26. The lowest BCUT2D eigenvalue weighted by Crippen LogP contribution is -2.24. The number of carbonyl (C=O) groups excluding carboxylic acids is 1. The summed E-state index contributed by atoms with van der Waals surface area (Å²) in [4.78, 5) is 11.7. The summed E-state index contributed by atoms with van der Waals surface area (Å²) in [5.74, 6) is 1.98. The molecule has 0 saturated heterocycles. The summed E-state index contributed by atoms with van der Waals surface area (Å²) < 4.78 is 7.48. The third kappa shape index (κ3) is 4.73. The number of furan rings is 1. The smallest absolute Gasteiger partial charge is 0.230 e. The second-order valence-electron chi connectivity index (χ2n) is 5.47. The molecule has 0 saturated carbocycles. The number of benzene rings is 1. The van der Waals surface area contributed by atoms with Gasteiger partial charge in [-0.2, -0.15) is 0 Å². The summed E-state index contributed by atoms with van der Waals surface area (Å²) in [5.41, 5.74) is 1.16. The molecule has 130 valence electrons. The van der Waals surface area contributed by atoms with Crippen LogP contribution < -0.4 is 5.32 Å². The Bertz CT molecular complexity index is 800. The Morgan fingerprint density at radius 1 is 1.20 bits per heavy atom. The van der Waals surface area contributed by atoms with Crippen molar-refractivity contribution in [2.75, 3.05) is 12.3 Å². The Labute approximate surface area is 150 Å². The quantitative estimate of drug-likeness (QED) is 0.628. The molecular weight excluding hydrogens is 336 g/mol. The van der Waals surface area contributed by atoms with Gasteiger partial charge in [-0.1, -0.05) is 42.1 Å². The summed E-state index contributed by atoms with van der Waals surface area (Å²) in [5, 5.41) is 12.1. The van der Waals surface area contributed by atoms with Crippen molar-refractivity contribution in [1.29, 1.82) is 0 Å². The molecule has 0 aliphatic carbocycles. The van der Waals surface area contributed by atoms with E-state index in [1.54, 1.807) is 6.26 Å². The first-order valence-electron chi connectivity index (χ1n) is 8.14. The SMILES string of the molecule is CCNC(=O)CSc1nnc(Cc2ccccc2)n1Cc1ccco1. The van der Waals surface area contributed by atoms with Crippen molar-refractivity contribution in [3.05, 3.63) is 65.9 Å². The number of carbonyl (C=O) groups is 1. The zero-order valence-corrected chi connectivity index (χ0v) is 14.8. The Morgan fingerprint density at radius 2 is 2.04 bits per heavy atom. The normalized spacial score (nSPS) is 10.8. The first-order chi connectivity index (χ1) is 12.3. The maximum Gasteiger partial charge on any atom is 0.230 e. The van der Waals surface area contributed by atoms with Crippen molar-refractivity contribution in [3.8, 4) is 0 Å². The molecule has 0 fully saturated rings. The fraction of sp³-hybridized carbons (Fsp3) is 0.278. The number of hydrogen-bond acceptors (Lipinski definition) is 5. The van der Waals surface area contributed by atoms with E-state index in [-0.39, 0.29) is 5.91 Å². The van der Waals surface area contributed by atoms with Crippen LogP contribution in [0.4, 0.5) is 0 Å². The molecule has 1 N–H and O–H groups in total. The molecule has 0 bridgehead atoms. The molecule has 0 radical (unpaired) electrons. The number of nitrogens with one attached hydrogen (secondary N) is 1. The zero-order valence-electron chi connectivity index (χ0n) is 14.0. The molecule has 25 heavy (non-hydrogen) atoms. The highest BCUT2D eigenvalue weighted by Crippen LogP contribution is 2.20. The van der Waals surface area contributed by atoms with Gasteiger partial charge in [0.15, 0.2) is 5.16 Å². The molecule has 0 aliphatic heterocycles. The molecule has 1 amide bonds. The summed E-state index contributed by atoms with van der Waals surface area (Å²) in [6.07, 6.45) is 2.33.